The highest BCUT2D eigenvalue weighted by Crippen LogP contribution is 2.39. The Bertz CT molecular complexity index is 1010. The summed E-state index contributed by atoms with van der Waals surface area (Å²) >= 11 is 0. The van der Waals surface area contributed by atoms with Crippen molar-refractivity contribution in [2.24, 2.45) is 0 Å². The largest absolute Gasteiger partial charge is 0.0654 e. The molecule has 0 saturated carbocycles. The smallest absolute Gasteiger partial charge is 0.0535 e. The summed E-state index contributed by atoms with van der Waals surface area (Å²) in [6.07, 6.45) is 90.3. The summed E-state index contributed by atoms with van der Waals surface area (Å²) in [5.74, 6) is 0. The lowest BCUT2D eigenvalue weighted by Crippen LogP contribution is -2.34. The molecule has 0 bridgehead atoms. The molecule has 0 aliphatic rings. The topological polar surface area (TPSA) is 0 Å². The van der Waals surface area contributed by atoms with E-state index in [1.165, 1.54) is 257 Å². The van der Waals surface area contributed by atoms with Crippen LogP contribution >= 0.6 is 0 Å². The van der Waals surface area contributed by atoms with E-state index in [0.717, 1.165) is 0 Å². The summed E-state index contributed by atoms with van der Waals surface area (Å²) in [6.45, 7) is 19.1. The molecule has 83 heavy (non-hydrogen) atoms. The molecule has 0 aromatic carbocycles. The lowest BCUT2D eigenvalue weighted by Gasteiger charge is -2.33. The lowest BCUT2D eigenvalue weighted by molar-refractivity contribution is 0.590. The first-order valence-electron chi connectivity index (χ1n) is 40.9. The van der Waals surface area contributed by atoms with Crippen molar-refractivity contribution in [2.75, 3.05) is 0 Å². The van der Waals surface area contributed by atoms with Gasteiger partial charge in [0, 0.05) is 0 Å². The summed E-state index contributed by atoms with van der Waals surface area (Å²) in [7, 11) is -3.67. The van der Waals surface area contributed by atoms with E-state index < -0.39 is 24.2 Å². The third-order valence-electron chi connectivity index (χ3n) is 21.8. The zero-order chi connectivity index (χ0) is 60.4. The van der Waals surface area contributed by atoms with Crippen molar-refractivity contribution in [3.05, 3.63) is 0 Å². The van der Waals surface area contributed by atoms with Gasteiger partial charge in [-0.25, -0.2) is 0 Å². The Morgan fingerprint density at radius 3 is 0.253 bits per heavy atom. The van der Waals surface area contributed by atoms with Crippen LogP contribution in [0.2, 0.25) is 72.5 Å². The second-order valence-electron chi connectivity index (χ2n) is 29.9. The van der Waals surface area contributed by atoms with Crippen LogP contribution in [0.3, 0.4) is 0 Å². The average molecular weight is 1210 g/mol. The molecule has 0 amide bonds. The van der Waals surface area contributed by atoms with E-state index in [-0.39, 0.29) is 0 Å². The molecule has 500 valence electrons. The van der Waals surface area contributed by atoms with Crippen molar-refractivity contribution < 1.29 is 0 Å². The summed E-state index contributed by atoms with van der Waals surface area (Å²) in [4.78, 5) is 0. The highest BCUT2D eigenvalue weighted by molar-refractivity contribution is 6.80. The highest BCUT2D eigenvalue weighted by Gasteiger charge is 2.33. The van der Waals surface area contributed by atoms with Gasteiger partial charge in [0.05, 0.1) is 24.2 Å². The van der Waals surface area contributed by atoms with E-state index in [4.69, 9.17) is 0 Å². The van der Waals surface area contributed by atoms with Crippen LogP contribution in [0.5, 0.6) is 0 Å². The fourth-order valence-corrected chi connectivity index (χ4v) is 32.4. The van der Waals surface area contributed by atoms with Crippen LogP contribution in [-0.4, -0.2) is 24.2 Å². The van der Waals surface area contributed by atoms with Crippen LogP contribution < -0.4 is 0 Å². The quantitative estimate of drug-likeness (QED) is 0.0421. The fourth-order valence-electron chi connectivity index (χ4n) is 15.9. The van der Waals surface area contributed by atoms with Crippen LogP contribution in [0.15, 0.2) is 0 Å². The minimum Gasteiger partial charge on any atom is -0.0654 e. The molecule has 0 aliphatic carbocycles. The predicted octanol–water partition coefficient (Wildman–Crippen LogP) is 31.9. The minimum atomic E-state index is -1.27. The molecule has 0 saturated heterocycles. The molecule has 0 N–H and O–H groups in total. The molecule has 0 unspecified atom stereocenters. The van der Waals surface area contributed by atoms with Crippen molar-refractivity contribution in [2.45, 2.75) is 513 Å². The van der Waals surface area contributed by atoms with Gasteiger partial charge in [-0.15, -0.1) is 0 Å². The van der Waals surface area contributed by atoms with Gasteiger partial charge in [-0.3, -0.25) is 0 Å². The van der Waals surface area contributed by atoms with E-state index in [1.807, 2.05) is 0 Å². The van der Waals surface area contributed by atoms with Crippen LogP contribution in [0.1, 0.15) is 441 Å². The number of hydrogen-bond donors (Lipinski definition) is 0. The lowest BCUT2D eigenvalue weighted by atomic mass is 10.1. The zero-order valence-electron chi connectivity index (χ0n) is 60.4. The first-order valence-corrected chi connectivity index (χ1v) is 49.4. The maximum Gasteiger partial charge on any atom is 0.0535 e. The van der Waals surface area contributed by atoms with E-state index in [9.17, 15) is 0 Å². The Morgan fingerprint density at radius 2 is 0.169 bits per heavy atom. The SMILES string of the molecule is CCCCCCCC[Si](CCCCCCCC)(CCCCCCCC)CCCCCCCC[Si](CCCCCCCC)(CCCCCCCC)CCCCCCCC[Si](CCCCCCCC)(CCCCCCCC)CCCCCCCC. The van der Waals surface area contributed by atoms with Crippen molar-refractivity contribution in [3.8, 4) is 0 Å². The summed E-state index contributed by atoms with van der Waals surface area (Å²) in [5, 5.41) is 0. The predicted molar refractivity (Wildman–Crippen MR) is 397 cm³/mol. The second kappa shape index (κ2) is 67.1. The monoisotopic (exact) mass is 1210 g/mol. The molecule has 0 fully saturated rings. The van der Waals surface area contributed by atoms with Crippen molar-refractivity contribution in [3.63, 3.8) is 0 Å². The van der Waals surface area contributed by atoms with Gasteiger partial charge in [-0.05, 0) is 0 Å². The van der Waals surface area contributed by atoms with E-state index in [0.29, 0.717) is 0 Å². The summed E-state index contributed by atoms with van der Waals surface area (Å²) in [6, 6.07) is 20.3. The first kappa shape index (κ1) is 83.7. The van der Waals surface area contributed by atoms with Gasteiger partial charge in [0.1, 0.15) is 0 Å². The van der Waals surface area contributed by atoms with Gasteiger partial charge in [0.2, 0.25) is 0 Å². The molecule has 0 aromatic heterocycles. The van der Waals surface area contributed by atoms with Crippen LogP contribution in [-0.2, 0) is 0 Å². The van der Waals surface area contributed by atoms with Crippen molar-refractivity contribution in [1.29, 1.82) is 0 Å². The van der Waals surface area contributed by atoms with Crippen molar-refractivity contribution in [1.82, 2.24) is 0 Å². The summed E-state index contributed by atoms with van der Waals surface area (Å²) < 4.78 is 0. The third-order valence-corrected chi connectivity index (χ3v) is 38.8. The molecule has 0 radical (unpaired) electrons. The Hall–Kier alpha value is 0.651. The molecule has 0 aromatic rings. The van der Waals surface area contributed by atoms with E-state index in [1.54, 1.807) is 201 Å². The van der Waals surface area contributed by atoms with E-state index in [2.05, 4.69) is 55.4 Å². The molecular formula is C80H168Si3. The molecule has 0 aliphatic heterocycles. The third kappa shape index (κ3) is 55.2. The first-order chi connectivity index (χ1) is 40.9. The van der Waals surface area contributed by atoms with Gasteiger partial charge in [-0.2, -0.15) is 0 Å². The van der Waals surface area contributed by atoms with Gasteiger partial charge in [0.25, 0.3) is 0 Å². The Balaban J connectivity index is 5.89. The molecule has 3 heteroatoms. The van der Waals surface area contributed by atoms with Crippen LogP contribution in [0, 0.1) is 0 Å². The standard InChI is InChI=1S/C80H168Si3/c1-9-17-25-33-45-57-69-81(70-58-46-34-26-18-10-2,71-59-47-35-27-19-11-3)77-65-53-41-43-55-67-79-83(75-63-51-39-31-23-15-7,76-64-52-40-32-24-16-8)80-68-56-44-42-54-66-78-82(72-60-48-36-28-20-12-4,73-61-49-37-29-21-13-5)74-62-50-38-30-22-14-6/h9-80H2,1-8H3. The second-order valence-corrected chi connectivity index (χ2v) is 44.9. The van der Waals surface area contributed by atoms with Gasteiger partial charge in [0.15, 0.2) is 0 Å². The Kier molecular flexibility index (Phi) is 67.6. The molecule has 0 heterocycles. The zero-order valence-corrected chi connectivity index (χ0v) is 63.4. The van der Waals surface area contributed by atoms with Crippen LogP contribution in [0.25, 0.3) is 0 Å². The summed E-state index contributed by atoms with van der Waals surface area (Å²) in [5.41, 5.74) is 0. The van der Waals surface area contributed by atoms with Gasteiger partial charge in [-0.1, -0.05) is 513 Å². The molecule has 0 spiro atoms. The number of hydrogen-bond acceptors (Lipinski definition) is 0. The molecule has 0 nitrogen and oxygen atoms in total. The average Bonchev–Trinajstić information content (AvgIpc) is 3.49. The van der Waals surface area contributed by atoms with Crippen molar-refractivity contribution >= 4 is 24.2 Å². The number of unbranched alkanes of at least 4 members (excludes halogenated alkanes) is 50. The van der Waals surface area contributed by atoms with Crippen LogP contribution in [0.4, 0.5) is 0 Å². The van der Waals surface area contributed by atoms with Gasteiger partial charge >= 0.3 is 0 Å². The Labute approximate surface area is 534 Å². The normalized spacial score (nSPS) is 12.4. The molecular weight excluding hydrogens is 1050 g/mol. The molecule has 0 rings (SSSR count). The Morgan fingerprint density at radius 1 is 0.0964 bits per heavy atom. The minimum absolute atomic E-state index is 1.20. The maximum atomic E-state index is 2.40. The fraction of sp³-hybridized carbons (Fsp3) is 1.00. The maximum absolute atomic E-state index is 2.40. The number of rotatable bonds is 74. The highest BCUT2D eigenvalue weighted by atomic mass is 28.3. The van der Waals surface area contributed by atoms with Gasteiger partial charge < -0.3 is 0 Å². The van der Waals surface area contributed by atoms with E-state index >= 15 is 0 Å². The molecule has 0 atom stereocenters.